The van der Waals surface area contributed by atoms with Gasteiger partial charge in [0.15, 0.2) is 5.96 Å². The molecule has 1 N–H and O–H groups in total. The van der Waals surface area contributed by atoms with Crippen LogP contribution in [-0.2, 0) is 11.2 Å². The number of carbonyl (C=O) groups excluding carboxylic acids is 1. The van der Waals surface area contributed by atoms with Crippen molar-refractivity contribution in [3.05, 3.63) is 34.9 Å². The lowest BCUT2D eigenvalue weighted by Crippen LogP contribution is -2.53. The highest BCUT2D eigenvalue weighted by molar-refractivity contribution is 6.30. The molecule has 0 spiro atoms. The molecule has 0 aliphatic carbocycles. The lowest BCUT2D eigenvalue weighted by Gasteiger charge is -2.36. The zero-order valence-corrected chi connectivity index (χ0v) is 13.2. The molecule has 0 unspecified atom stereocenters. The van der Waals surface area contributed by atoms with Crippen molar-refractivity contribution >= 4 is 23.5 Å². The Kier molecular flexibility index (Phi) is 5.44. The number of nitrogens with one attached hydrogen (secondary N) is 1. The fourth-order valence-electron chi connectivity index (χ4n) is 2.51. The number of piperazine rings is 1. The van der Waals surface area contributed by atoms with Gasteiger partial charge in [-0.1, -0.05) is 23.7 Å². The minimum absolute atomic E-state index is 0.149. The van der Waals surface area contributed by atoms with E-state index in [0.717, 1.165) is 37.7 Å². The van der Waals surface area contributed by atoms with Gasteiger partial charge in [0.05, 0.1) is 6.42 Å². The molecule has 0 atom stereocenters. The summed E-state index contributed by atoms with van der Waals surface area (Å²) < 4.78 is 0. The predicted octanol–water partition coefficient (Wildman–Crippen LogP) is 1.23. The van der Waals surface area contributed by atoms with E-state index in [0.29, 0.717) is 11.4 Å². The van der Waals surface area contributed by atoms with Gasteiger partial charge >= 0.3 is 0 Å². The maximum atomic E-state index is 12.3. The summed E-state index contributed by atoms with van der Waals surface area (Å²) in [6, 6.07) is 7.47. The van der Waals surface area contributed by atoms with Gasteiger partial charge in [0, 0.05) is 45.3 Å². The van der Waals surface area contributed by atoms with E-state index in [4.69, 9.17) is 11.6 Å². The molecule has 6 heteroatoms. The van der Waals surface area contributed by atoms with Crippen LogP contribution in [-0.4, -0.2) is 61.9 Å². The van der Waals surface area contributed by atoms with Crippen LogP contribution in [0.5, 0.6) is 0 Å². The number of halogens is 1. The first kappa shape index (κ1) is 15.6. The van der Waals surface area contributed by atoms with Crippen LogP contribution < -0.4 is 5.32 Å². The van der Waals surface area contributed by atoms with Crippen molar-refractivity contribution in [1.82, 2.24) is 15.1 Å². The van der Waals surface area contributed by atoms with Gasteiger partial charge in [0.1, 0.15) is 0 Å². The van der Waals surface area contributed by atoms with E-state index in [9.17, 15) is 4.79 Å². The molecule has 1 saturated heterocycles. The van der Waals surface area contributed by atoms with Crippen molar-refractivity contribution in [2.24, 2.45) is 4.99 Å². The molecule has 0 saturated carbocycles. The Morgan fingerprint density at radius 1 is 1.29 bits per heavy atom. The van der Waals surface area contributed by atoms with Gasteiger partial charge in [0.2, 0.25) is 5.91 Å². The van der Waals surface area contributed by atoms with Crippen LogP contribution in [0, 0.1) is 0 Å². The highest BCUT2D eigenvalue weighted by Crippen LogP contribution is 2.13. The summed E-state index contributed by atoms with van der Waals surface area (Å²) in [5.74, 6) is 1.02. The summed E-state index contributed by atoms with van der Waals surface area (Å²) in [5.41, 5.74) is 0.959. The minimum atomic E-state index is 0.149. The first-order valence-electron chi connectivity index (χ1n) is 7.05. The number of nitrogens with zero attached hydrogens (tertiary/aromatic N) is 3. The number of benzene rings is 1. The van der Waals surface area contributed by atoms with Gasteiger partial charge in [-0.15, -0.1) is 0 Å². The highest BCUT2D eigenvalue weighted by Gasteiger charge is 2.22. The molecule has 1 aliphatic rings. The number of aliphatic imine (C=N–C) groups is 1. The molecule has 21 heavy (non-hydrogen) atoms. The first-order valence-corrected chi connectivity index (χ1v) is 7.43. The van der Waals surface area contributed by atoms with Crippen molar-refractivity contribution in [3.63, 3.8) is 0 Å². The van der Waals surface area contributed by atoms with Crippen molar-refractivity contribution in [2.45, 2.75) is 6.42 Å². The Balaban J connectivity index is 1.89. The fraction of sp³-hybridized carbons (Fsp3) is 0.467. The number of hydrogen-bond donors (Lipinski definition) is 1. The van der Waals surface area contributed by atoms with Crippen molar-refractivity contribution in [1.29, 1.82) is 0 Å². The first-order chi connectivity index (χ1) is 10.1. The third kappa shape index (κ3) is 4.11. The van der Waals surface area contributed by atoms with Crippen LogP contribution in [0.25, 0.3) is 0 Å². The molecular weight excluding hydrogens is 288 g/mol. The minimum Gasteiger partial charge on any atom is -0.359 e. The Hall–Kier alpha value is -1.75. The summed E-state index contributed by atoms with van der Waals surface area (Å²) >= 11 is 5.95. The van der Waals surface area contributed by atoms with Gasteiger partial charge in [-0.05, 0) is 17.7 Å². The quantitative estimate of drug-likeness (QED) is 0.660. The van der Waals surface area contributed by atoms with E-state index < -0.39 is 0 Å². The zero-order chi connectivity index (χ0) is 15.2. The lowest BCUT2D eigenvalue weighted by molar-refractivity contribution is -0.131. The number of carbonyl (C=O) groups is 1. The standard InChI is InChI=1S/C15H21ClN4O/c1-17-15(18-2)20-8-6-19(7-9-20)14(21)11-12-4-3-5-13(16)10-12/h3-5,10H,6-9,11H2,1-2H3,(H,17,18). The van der Waals surface area contributed by atoms with E-state index in [-0.39, 0.29) is 5.91 Å². The molecule has 1 fully saturated rings. The van der Waals surface area contributed by atoms with Crippen molar-refractivity contribution in [3.8, 4) is 0 Å². The molecule has 2 rings (SSSR count). The van der Waals surface area contributed by atoms with Crippen molar-refractivity contribution in [2.75, 3.05) is 40.3 Å². The summed E-state index contributed by atoms with van der Waals surface area (Å²) in [7, 11) is 3.63. The summed E-state index contributed by atoms with van der Waals surface area (Å²) in [6.45, 7) is 3.05. The van der Waals surface area contributed by atoms with Gasteiger partial charge in [-0.25, -0.2) is 0 Å². The van der Waals surface area contributed by atoms with Crippen molar-refractivity contribution < 1.29 is 4.79 Å². The lowest BCUT2D eigenvalue weighted by atomic mass is 10.1. The normalized spacial score (nSPS) is 16.0. The number of guanidine groups is 1. The van der Waals surface area contributed by atoms with Crippen LogP contribution in [0.4, 0.5) is 0 Å². The van der Waals surface area contributed by atoms with Gasteiger partial charge < -0.3 is 15.1 Å². The topological polar surface area (TPSA) is 47.9 Å². The highest BCUT2D eigenvalue weighted by atomic mass is 35.5. The van der Waals surface area contributed by atoms with Crippen LogP contribution in [0.2, 0.25) is 5.02 Å². The van der Waals surface area contributed by atoms with Gasteiger partial charge in [0.25, 0.3) is 0 Å². The van der Waals surface area contributed by atoms with E-state index in [1.165, 1.54) is 0 Å². The number of hydrogen-bond acceptors (Lipinski definition) is 2. The van der Waals surface area contributed by atoms with Crippen LogP contribution in [0.3, 0.4) is 0 Å². The van der Waals surface area contributed by atoms with Crippen LogP contribution in [0.1, 0.15) is 5.56 Å². The second-order valence-corrected chi connectivity index (χ2v) is 5.41. The molecule has 1 aromatic carbocycles. The largest absolute Gasteiger partial charge is 0.359 e. The molecule has 1 aliphatic heterocycles. The second-order valence-electron chi connectivity index (χ2n) is 4.97. The summed E-state index contributed by atoms with van der Waals surface area (Å²) in [5, 5.41) is 3.74. The smallest absolute Gasteiger partial charge is 0.227 e. The Morgan fingerprint density at radius 3 is 2.52 bits per heavy atom. The molecule has 1 amide bonds. The van der Waals surface area contributed by atoms with Gasteiger partial charge in [-0.2, -0.15) is 0 Å². The summed E-state index contributed by atoms with van der Waals surface area (Å²) in [4.78, 5) is 20.6. The zero-order valence-electron chi connectivity index (χ0n) is 12.5. The monoisotopic (exact) mass is 308 g/mol. The third-order valence-electron chi connectivity index (χ3n) is 3.61. The van der Waals surface area contributed by atoms with Gasteiger partial charge in [-0.3, -0.25) is 9.79 Å². The Bertz CT molecular complexity index is 524. The molecular formula is C15H21ClN4O. The SMILES string of the molecule is CN=C(NC)N1CCN(C(=O)Cc2cccc(Cl)c2)CC1. The maximum absolute atomic E-state index is 12.3. The van der Waals surface area contributed by atoms with Crippen LogP contribution in [0.15, 0.2) is 29.3 Å². The van der Waals surface area contributed by atoms with Crippen LogP contribution >= 0.6 is 11.6 Å². The molecule has 1 aromatic rings. The molecule has 5 nitrogen and oxygen atoms in total. The Morgan fingerprint density at radius 2 is 1.95 bits per heavy atom. The molecule has 114 valence electrons. The number of rotatable bonds is 2. The average Bonchev–Trinajstić information content (AvgIpc) is 2.49. The predicted molar refractivity (Wildman–Crippen MR) is 85.7 cm³/mol. The Labute approximate surface area is 130 Å². The maximum Gasteiger partial charge on any atom is 0.227 e. The molecule has 1 heterocycles. The van der Waals surface area contributed by atoms with E-state index in [1.807, 2.05) is 36.2 Å². The molecule has 0 radical (unpaired) electrons. The third-order valence-corrected chi connectivity index (χ3v) is 3.85. The number of amides is 1. The molecule has 0 aromatic heterocycles. The molecule has 0 bridgehead atoms. The fourth-order valence-corrected chi connectivity index (χ4v) is 2.73. The van der Waals surface area contributed by atoms with E-state index in [1.54, 1.807) is 7.05 Å². The summed E-state index contributed by atoms with van der Waals surface area (Å²) in [6.07, 6.45) is 0.404. The average molecular weight is 309 g/mol. The second kappa shape index (κ2) is 7.31. The van der Waals surface area contributed by atoms with E-state index >= 15 is 0 Å². The van der Waals surface area contributed by atoms with E-state index in [2.05, 4.69) is 15.2 Å².